The summed E-state index contributed by atoms with van der Waals surface area (Å²) in [5.41, 5.74) is 3.69. The second-order valence-corrected chi connectivity index (χ2v) is 10.1. The first-order valence-electron chi connectivity index (χ1n) is 11.8. The summed E-state index contributed by atoms with van der Waals surface area (Å²) < 4.78 is 0. The first-order chi connectivity index (χ1) is 17.0. The zero-order valence-electron chi connectivity index (χ0n) is 20.8. The van der Waals surface area contributed by atoms with E-state index in [2.05, 4.69) is 20.8 Å². The van der Waals surface area contributed by atoms with Gasteiger partial charge in [0.25, 0.3) is 11.7 Å². The number of Topliss-reactive ketones (excluding diaryl/α,β-unsaturated/α-hetero) is 1. The quantitative estimate of drug-likeness (QED) is 0.279. The van der Waals surface area contributed by atoms with Crippen LogP contribution in [0.3, 0.4) is 0 Å². The van der Waals surface area contributed by atoms with E-state index in [1.807, 2.05) is 55.5 Å². The van der Waals surface area contributed by atoms with Crippen LogP contribution in [0.4, 0.5) is 0 Å². The van der Waals surface area contributed by atoms with E-state index in [1.165, 1.54) is 17.0 Å². The fourth-order valence-corrected chi connectivity index (χ4v) is 4.46. The maximum absolute atomic E-state index is 13.4. The van der Waals surface area contributed by atoms with Crippen LogP contribution in [0.1, 0.15) is 65.0 Å². The molecule has 1 saturated heterocycles. The molecule has 1 unspecified atom stereocenters. The number of likely N-dealkylation sites (tertiary alicyclic amines) is 1. The average molecular weight is 484 g/mol. The maximum atomic E-state index is 13.4. The van der Waals surface area contributed by atoms with Crippen molar-refractivity contribution >= 4 is 23.4 Å². The van der Waals surface area contributed by atoms with Gasteiger partial charge >= 0.3 is 5.97 Å². The second-order valence-electron chi connectivity index (χ2n) is 10.1. The molecule has 0 radical (unpaired) electrons. The summed E-state index contributed by atoms with van der Waals surface area (Å²) in [6, 6.07) is 20.3. The van der Waals surface area contributed by atoms with Crippen LogP contribution in [0, 0.1) is 6.92 Å². The molecule has 0 aromatic heterocycles. The first kappa shape index (κ1) is 24.9. The van der Waals surface area contributed by atoms with Crippen molar-refractivity contribution in [3.63, 3.8) is 0 Å². The van der Waals surface area contributed by atoms with Crippen molar-refractivity contribution in [2.24, 2.45) is 0 Å². The molecule has 3 aromatic carbocycles. The van der Waals surface area contributed by atoms with E-state index < -0.39 is 23.7 Å². The Labute approximate surface area is 210 Å². The molecule has 1 aliphatic heterocycles. The first-order valence-corrected chi connectivity index (χ1v) is 11.8. The minimum Gasteiger partial charge on any atom is -0.507 e. The highest BCUT2D eigenvalue weighted by Crippen LogP contribution is 2.41. The number of rotatable bonds is 5. The maximum Gasteiger partial charge on any atom is 0.335 e. The Morgan fingerprint density at radius 1 is 0.917 bits per heavy atom. The minimum atomic E-state index is -1.04. The summed E-state index contributed by atoms with van der Waals surface area (Å²) in [7, 11) is 0. The largest absolute Gasteiger partial charge is 0.507 e. The van der Waals surface area contributed by atoms with Crippen molar-refractivity contribution in [1.82, 2.24) is 4.90 Å². The lowest BCUT2D eigenvalue weighted by atomic mass is 9.84. The molecule has 1 atom stereocenters. The van der Waals surface area contributed by atoms with Crippen LogP contribution in [-0.4, -0.2) is 32.8 Å². The number of hydrogen-bond donors (Lipinski definition) is 2. The fourth-order valence-electron chi connectivity index (χ4n) is 4.46. The Morgan fingerprint density at radius 3 is 2.14 bits per heavy atom. The number of hydrogen-bond acceptors (Lipinski definition) is 4. The molecule has 0 spiro atoms. The van der Waals surface area contributed by atoms with E-state index in [0.29, 0.717) is 16.7 Å². The number of aryl methyl sites for hydroxylation is 1. The zero-order chi connectivity index (χ0) is 26.2. The highest BCUT2D eigenvalue weighted by atomic mass is 16.4. The van der Waals surface area contributed by atoms with Crippen molar-refractivity contribution in [2.45, 2.75) is 45.7 Å². The Kier molecular flexibility index (Phi) is 6.55. The van der Waals surface area contributed by atoms with Crippen molar-refractivity contribution < 1.29 is 24.6 Å². The SMILES string of the molecule is Cc1ccc(C(C)(C)C)cc1/C(O)=C1\C(=O)C(=O)N(Cc2ccc(C(=O)O)cc2)C1c1ccccc1. The molecule has 6 heteroatoms. The van der Waals surface area contributed by atoms with Gasteiger partial charge in [-0.05, 0) is 52.8 Å². The third-order valence-corrected chi connectivity index (χ3v) is 6.57. The molecule has 184 valence electrons. The van der Waals surface area contributed by atoms with Gasteiger partial charge in [0.05, 0.1) is 17.2 Å². The smallest absolute Gasteiger partial charge is 0.335 e. The minimum absolute atomic E-state index is 0.0440. The van der Waals surface area contributed by atoms with Gasteiger partial charge in [-0.15, -0.1) is 0 Å². The number of amides is 1. The molecular weight excluding hydrogens is 454 g/mol. The molecule has 1 fully saturated rings. The van der Waals surface area contributed by atoms with Gasteiger partial charge in [-0.1, -0.05) is 75.4 Å². The van der Waals surface area contributed by atoms with Crippen LogP contribution in [0.15, 0.2) is 78.4 Å². The van der Waals surface area contributed by atoms with Crippen LogP contribution in [-0.2, 0) is 21.5 Å². The van der Waals surface area contributed by atoms with E-state index >= 15 is 0 Å². The highest BCUT2D eigenvalue weighted by Gasteiger charge is 2.46. The summed E-state index contributed by atoms with van der Waals surface area (Å²) >= 11 is 0. The predicted molar refractivity (Wildman–Crippen MR) is 138 cm³/mol. The molecule has 4 rings (SSSR count). The number of nitrogens with zero attached hydrogens (tertiary/aromatic N) is 1. The van der Waals surface area contributed by atoms with Crippen LogP contribution < -0.4 is 0 Å². The Bertz CT molecular complexity index is 1360. The van der Waals surface area contributed by atoms with Gasteiger partial charge in [-0.25, -0.2) is 4.79 Å². The highest BCUT2D eigenvalue weighted by molar-refractivity contribution is 6.46. The number of aliphatic hydroxyl groups is 1. The molecular formula is C30H29NO5. The lowest BCUT2D eigenvalue weighted by Crippen LogP contribution is -2.29. The van der Waals surface area contributed by atoms with Crippen molar-refractivity contribution in [2.75, 3.05) is 0 Å². The molecule has 1 amide bonds. The Balaban J connectivity index is 1.85. The molecule has 36 heavy (non-hydrogen) atoms. The third-order valence-electron chi connectivity index (χ3n) is 6.57. The van der Waals surface area contributed by atoms with Gasteiger partial charge in [0.1, 0.15) is 5.76 Å². The fraction of sp³-hybridized carbons (Fsp3) is 0.233. The molecule has 0 saturated carbocycles. The summed E-state index contributed by atoms with van der Waals surface area (Å²) in [4.78, 5) is 39.3. The van der Waals surface area contributed by atoms with E-state index in [-0.39, 0.29) is 28.9 Å². The van der Waals surface area contributed by atoms with Gasteiger partial charge in [-0.3, -0.25) is 9.59 Å². The molecule has 2 N–H and O–H groups in total. The van der Waals surface area contributed by atoms with Crippen molar-refractivity contribution in [1.29, 1.82) is 0 Å². The summed E-state index contributed by atoms with van der Waals surface area (Å²) in [6.07, 6.45) is 0. The number of carboxylic acids is 1. The van der Waals surface area contributed by atoms with Crippen molar-refractivity contribution in [3.8, 4) is 0 Å². The molecule has 0 aliphatic carbocycles. The summed E-state index contributed by atoms with van der Waals surface area (Å²) in [6.45, 7) is 8.15. The van der Waals surface area contributed by atoms with Gasteiger partial charge in [0.15, 0.2) is 0 Å². The zero-order valence-corrected chi connectivity index (χ0v) is 20.8. The third kappa shape index (κ3) is 4.67. The normalized spacial score (nSPS) is 17.4. The van der Waals surface area contributed by atoms with E-state index in [0.717, 1.165) is 11.1 Å². The summed E-state index contributed by atoms with van der Waals surface area (Å²) in [5, 5.41) is 20.7. The topological polar surface area (TPSA) is 94.9 Å². The van der Waals surface area contributed by atoms with Gasteiger partial charge < -0.3 is 15.1 Å². The number of carboxylic acid groups (broad SMARTS) is 1. The van der Waals surface area contributed by atoms with E-state index in [4.69, 9.17) is 0 Å². The van der Waals surface area contributed by atoms with Crippen LogP contribution in [0.5, 0.6) is 0 Å². The number of ketones is 1. The van der Waals surface area contributed by atoms with Crippen LogP contribution >= 0.6 is 0 Å². The molecule has 0 bridgehead atoms. The van der Waals surface area contributed by atoms with E-state index in [9.17, 15) is 24.6 Å². The molecule has 3 aromatic rings. The summed E-state index contributed by atoms with van der Waals surface area (Å²) in [5.74, 6) is -2.70. The second kappa shape index (κ2) is 9.46. The predicted octanol–water partition coefficient (Wildman–Crippen LogP) is 5.61. The van der Waals surface area contributed by atoms with E-state index in [1.54, 1.807) is 12.1 Å². The lowest BCUT2D eigenvalue weighted by Gasteiger charge is -2.26. The number of carbonyl (C=O) groups is 3. The number of carbonyl (C=O) groups excluding carboxylic acids is 2. The Hall–Kier alpha value is -4.19. The van der Waals surface area contributed by atoms with Crippen molar-refractivity contribution in [3.05, 3.63) is 112 Å². The van der Waals surface area contributed by atoms with Gasteiger partial charge in [0.2, 0.25) is 0 Å². The van der Waals surface area contributed by atoms with Gasteiger partial charge in [-0.2, -0.15) is 0 Å². The molecule has 1 aliphatic rings. The molecule has 1 heterocycles. The lowest BCUT2D eigenvalue weighted by molar-refractivity contribution is -0.140. The monoisotopic (exact) mass is 483 g/mol. The van der Waals surface area contributed by atoms with Gasteiger partial charge in [0, 0.05) is 12.1 Å². The number of aromatic carboxylic acids is 1. The number of aliphatic hydroxyl groups excluding tert-OH is 1. The molecule has 6 nitrogen and oxygen atoms in total. The van der Waals surface area contributed by atoms with Crippen LogP contribution in [0.2, 0.25) is 0 Å². The standard InChI is InChI=1S/C30H29NO5/c1-18-10-15-22(30(2,3)4)16-23(18)26(32)24-25(20-8-6-5-7-9-20)31(28(34)27(24)33)17-19-11-13-21(14-12-19)29(35)36/h5-16,25,32H,17H2,1-4H3,(H,35,36)/b26-24+. The van der Waals surface area contributed by atoms with Crippen LogP contribution in [0.25, 0.3) is 5.76 Å². The number of benzene rings is 3. The average Bonchev–Trinajstić information content (AvgIpc) is 3.09. The Morgan fingerprint density at radius 2 is 1.56 bits per heavy atom.